The number of carboxylic acids is 2. The lowest BCUT2D eigenvalue weighted by Gasteiger charge is -2.23. The zero-order chi connectivity index (χ0) is 18.7. The van der Waals surface area contributed by atoms with E-state index in [2.05, 4.69) is 0 Å². The fourth-order valence-electron chi connectivity index (χ4n) is 2.99. The molecule has 1 saturated carbocycles. The summed E-state index contributed by atoms with van der Waals surface area (Å²) in [5.41, 5.74) is -0.514. The summed E-state index contributed by atoms with van der Waals surface area (Å²) in [6, 6.07) is 0. The molecule has 0 unspecified atom stereocenters. The lowest BCUT2D eigenvalue weighted by Crippen LogP contribution is -2.23. The van der Waals surface area contributed by atoms with Crippen LogP contribution in [0.3, 0.4) is 0 Å². The molecule has 142 valence electrons. The van der Waals surface area contributed by atoms with Crippen LogP contribution >= 0.6 is 0 Å². The fourth-order valence-corrected chi connectivity index (χ4v) is 2.99. The van der Waals surface area contributed by atoms with Crippen LogP contribution in [0, 0.1) is 5.92 Å². The molecule has 0 saturated heterocycles. The van der Waals surface area contributed by atoms with Gasteiger partial charge in [0.15, 0.2) is 0 Å². The number of rotatable bonds is 11. The number of unbranched alkanes of at least 4 members (excludes halogenated alkanes) is 1. The highest BCUT2D eigenvalue weighted by Gasteiger charge is 2.30. The largest absolute Gasteiger partial charge is 0.478 e. The van der Waals surface area contributed by atoms with E-state index in [0.29, 0.717) is 19.4 Å². The Balaban J connectivity index is 2.67. The third-order valence-electron chi connectivity index (χ3n) is 4.28. The molecule has 0 heterocycles. The molecule has 0 aromatic carbocycles. The standard InChI is InChI=1S/C18H28O7/c1-2-3-9-24-10-11-25-15(19)12-14(17(20)21)16(18(22)23)13-7-5-4-6-8-13/h13H,2-12H2,1H3,(H,20,21)(H,22,23). The number of aliphatic carboxylic acids is 2. The average Bonchev–Trinajstić information content (AvgIpc) is 2.58. The van der Waals surface area contributed by atoms with E-state index in [1.54, 1.807) is 0 Å². The van der Waals surface area contributed by atoms with Crippen molar-refractivity contribution in [2.75, 3.05) is 19.8 Å². The minimum Gasteiger partial charge on any atom is -0.478 e. The number of ether oxygens (including phenoxy) is 2. The molecule has 0 amide bonds. The van der Waals surface area contributed by atoms with E-state index in [-0.39, 0.29) is 30.3 Å². The molecule has 2 N–H and O–H groups in total. The van der Waals surface area contributed by atoms with Crippen LogP contribution in [-0.2, 0) is 23.9 Å². The first-order valence-corrected chi connectivity index (χ1v) is 8.90. The van der Waals surface area contributed by atoms with Crippen molar-refractivity contribution >= 4 is 17.9 Å². The van der Waals surface area contributed by atoms with Crippen molar-refractivity contribution < 1.29 is 34.1 Å². The Morgan fingerprint density at radius 2 is 1.64 bits per heavy atom. The molecule has 0 aromatic heterocycles. The van der Waals surface area contributed by atoms with Gasteiger partial charge in [-0.2, -0.15) is 0 Å². The van der Waals surface area contributed by atoms with E-state index in [9.17, 15) is 24.6 Å². The highest BCUT2D eigenvalue weighted by Crippen LogP contribution is 2.32. The topological polar surface area (TPSA) is 110 Å². The molecule has 0 spiro atoms. The summed E-state index contributed by atoms with van der Waals surface area (Å²) < 4.78 is 10.2. The Hall–Kier alpha value is -1.89. The molecule has 0 aromatic rings. The van der Waals surface area contributed by atoms with Gasteiger partial charge in [-0.3, -0.25) is 4.79 Å². The van der Waals surface area contributed by atoms with Gasteiger partial charge in [-0.15, -0.1) is 0 Å². The number of esters is 1. The van der Waals surface area contributed by atoms with Gasteiger partial charge in [0.1, 0.15) is 6.61 Å². The van der Waals surface area contributed by atoms with Crippen LogP contribution in [0.5, 0.6) is 0 Å². The van der Waals surface area contributed by atoms with Crippen LogP contribution in [0.25, 0.3) is 0 Å². The van der Waals surface area contributed by atoms with Crippen molar-refractivity contribution in [2.45, 2.75) is 58.3 Å². The molecule has 1 aliphatic rings. The van der Waals surface area contributed by atoms with E-state index in [1.165, 1.54) is 0 Å². The number of hydrogen-bond donors (Lipinski definition) is 2. The van der Waals surface area contributed by atoms with E-state index in [4.69, 9.17) is 9.47 Å². The minimum absolute atomic E-state index is 0.0290. The van der Waals surface area contributed by atoms with Crippen LogP contribution in [0.4, 0.5) is 0 Å². The third kappa shape index (κ3) is 7.69. The van der Waals surface area contributed by atoms with Gasteiger partial charge in [0, 0.05) is 6.61 Å². The van der Waals surface area contributed by atoms with Gasteiger partial charge in [-0.05, 0) is 25.2 Å². The summed E-state index contributed by atoms with van der Waals surface area (Å²) >= 11 is 0. The van der Waals surface area contributed by atoms with Crippen molar-refractivity contribution in [1.82, 2.24) is 0 Å². The highest BCUT2D eigenvalue weighted by molar-refractivity contribution is 6.02. The predicted molar refractivity (Wildman–Crippen MR) is 90.2 cm³/mol. The summed E-state index contributed by atoms with van der Waals surface area (Å²) in [5.74, 6) is -3.70. The van der Waals surface area contributed by atoms with Gasteiger partial charge in [0.25, 0.3) is 0 Å². The number of carboxylic acid groups (broad SMARTS) is 2. The Bertz CT molecular complexity index is 490. The zero-order valence-corrected chi connectivity index (χ0v) is 14.8. The van der Waals surface area contributed by atoms with Gasteiger partial charge >= 0.3 is 17.9 Å². The fraction of sp³-hybridized carbons (Fsp3) is 0.722. The summed E-state index contributed by atoms with van der Waals surface area (Å²) in [5, 5.41) is 18.8. The van der Waals surface area contributed by atoms with Crippen molar-refractivity contribution in [3.8, 4) is 0 Å². The lowest BCUT2D eigenvalue weighted by atomic mass is 9.81. The van der Waals surface area contributed by atoms with Crippen LogP contribution in [-0.4, -0.2) is 47.9 Å². The van der Waals surface area contributed by atoms with Crippen LogP contribution in [0.15, 0.2) is 11.1 Å². The second-order valence-electron chi connectivity index (χ2n) is 6.20. The molecule has 0 aliphatic heterocycles. The number of carbonyl (C=O) groups excluding carboxylic acids is 1. The van der Waals surface area contributed by atoms with Gasteiger partial charge in [-0.1, -0.05) is 32.6 Å². The lowest BCUT2D eigenvalue weighted by molar-refractivity contribution is -0.146. The monoisotopic (exact) mass is 356 g/mol. The first kappa shape index (κ1) is 21.2. The number of carbonyl (C=O) groups is 3. The van der Waals surface area contributed by atoms with Crippen molar-refractivity contribution in [2.24, 2.45) is 5.92 Å². The maximum Gasteiger partial charge on any atom is 0.332 e. The van der Waals surface area contributed by atoms with E-state index in [0.717, 1.165) is 32.1 Å². The first-order valence-electron chi connectivity index (χ1n) is 8.90. The van der Waals surface area contributed by atoms with Crippen molar-refractivity contribution in [1.29, 1.82) is 0 Å². The van der Waals surface area contributed by atoms with Gasteiger partial charge in [0.05, 0.1) is 24.2 Å². The third-order valence-corrected chi connectivity index (χ3v) is 4.28. The van der Waals surface area contributed by atoms with Crippen molar-refractivity contribution in [3.63, 3.8) is 0 Å². The van der Waals surface area contributed by atoms with Crippen LogP contribution < -0.4 is 0 Å². The Kier molecular flexibility index (Phi) is 9.84. The Morgan fingerprint density at radius 3 is 2.20 bits per heavy atom. The van der Waals surface area contributed by atoms with E-state index >= 15 is 0 Å². The molecule has 25 heavy (non-hydrogen) atoms. The molecule has 1 aliphatic carbocycles. The van der Waals surface area contributed by atoms with Gasteiger partial charge in [0.2, 0.25) is 0 Å². The Labute approximate surface area is 148 Å². The molecule has 1 rings (SSSR count). The SMILES string of the molecule is CCCCOCCOC(=O)CC(C(=O)O)=C(C(=O)O)C1CCCCC1. The summed E-state index contributed by atoms with van der Waals surface area (Å²) in [6.45, 7) is 2.89. The van der Waals surface area contributed by atoms with Crippen LogP contribution in [0.1, 0.15) is 58.3 Å². The van der Waals surface area contributed by atoms with Gasteiger partial charge < -0.3 is 19.7 Å². The second-order valence-corrected chi connectivity index (χ2v) is 6.20. The highest BCUT2D eigenvalue weighted by atomic mass is 16.6. The Morgan fingerprint density at radius 1 is 0.960 bits per heavy atom. The summed E-state index contributed by atoms with van der Waals surface area (Å²) in [4.78, 5) is 35.0. The molecule has 1 fully saturated rings. The molecular formula is C18H28O7. The number of hydrogen-bond acceptors (Lipinski definition) is 5. The molecule has 7 heteroatoms. The maximum absolute atomic E-state index is 11.9. The zero-order valence-electron chi connectivity index (χ0n) is 14.8. The first-order chi connectivity index (χ1) is 12.0. The van der Waals surface area contributed by atoms with Crippen LogP contribution in [0.2, 0.25) is 0 Å². The van der Waals surface area contributed by atoms with E-state index in [1.807, 2.05) is 6.92 Å². The van der Waals surface area contributed by atoms with Gasteiger partial charge in [-0.25, -0.2) is 9.59 Å². The molecule has 0 atom stereocenters. The molecule has 0 bridgehead atoms. The second kappa shape index (κ2) is 11.6. The molecule has 0 radical (unpaired) electrons. The predicted octanol–water partition coefficient (Wildman–Crippen LogP) is 2.78. The summed E-state index contributed by atoms with van der Waals surface area (Å²) in [6.07, 6.45) is 5.42. The normalized spacial score (nSPS) is 16.2. The smallest absolute Gasteiger partial charge is 0.332 e. The van der Waals surface area contributed by atoms with E-state index < -0.39 is 24.3 Å². The maximum atomic E-state index is 11.9. The average molecular weight is 356 g/mol. The molecule has 7 nitrogen and oxygen atoms in total. The molecular weight excluding hydrogens is 328 g/mol. The summed E-state index contributed by atoms with van der Waals surface area (Å²) in [7, 11) is 0. The minimum atomic E-state index is -1.38. The van der Waals surface area contributed by atoms with Crippen molar-refractivity contribution in [3.05, 3.63) is 11.1 Å². The quantitative estimate of drug-likeness (QED) is 0.333.